The molecule has 3 heterocycles. The molecule has 3 N–H and O–H groups in total. The number of nitrogens with two attached hydrogens (primary N) is 1. The third kappa shape index (κ3) is 4.48. The number of nitrogen functional groups attached to an aromatic ring is 1. The molecular weight excluding hydrogens is 417 g/mol. The lowest BCUT2D eigenvalue weighted by Crippen LogP contribution is -2.23. The number of nitrogens with zero attached hydrogens (tertiary/aromatic N) is 3. The first-order valence-corrected chi connectivity index (χ1v) is 10.5. The van der Waals surface area contributed by atoms with Gasteiger partial charge in [0.1, 0.15) is 11.6 Å². The van der Waals surface area contributed by atoms with Crippen molar-refractivity contribution in [3.63, 3.8) is 0 Å². The fraction of sp³-hybridized carbons (Fsp3) is 0.0769. The second-order valence-electron chi connectivity index (χ2n) is 7.83. The number of halogens is 1. The summed E-state index contributed by atoms with van der Waals surface area (Å²) in [6.45, 7) is 0.384. The molecule has 0 fully saturated rings. The van der Waals surface area contributed by atoms with Crippen molar-refractivity contribution in [1.29, 1.82) is 0 Å². The van der Waals surface area contributed by atoms with Crippen molar-refractivity contribution in [2.45, 2.75) is 13.0 Å². The summed E-state index contributed by atoms with van der Waals surface area (Å²) < 4.78 is 13.5. The Labute approximate surface area is 189 Å². The first-order chi connectivity index (χ1) is 16.0. The van der Waals surface area contributed by atoms with Gasteiger partial charge in [0.15, 0.2) is 0 Å². The Kier molecular flexibility index (Phi) is 5.36. The fourth-order valence-corrected chi connectivity index (χ4v) is 3.82. The zero-order valence-corrected chi connectivity index (χ0v) is 17.6. The van der Waals surface area contributed by atoms with Gasteiger partial charge in [-0.1, -0.05) is 12.1 Å². The fourth-order valence-electron chi connectivity index (χ4n) is 3.82. The molecule has 0 saturated heterocycles. The van der Waals surface area contributed by atoms with E-state index in [9.17, 15) is 9.18 Å². The quantitative estimate of drug-likeness (QED) is 0.425. The highest BCUT2D eigenvalue weighted by Gasteiger charge is 2.09. The van der Waals surface area contributed by atoms with Gasteiger partial charge >= 0.3 is 0 Å². The second kappa shape index (κ2) is 8.63. The lowest BCUT2D eigenvalue weighted by molar-refractivity contribution is 0.0950. The molecule has 2 aromatic carbocycles. The van der Waals surface area contributed by atoms with Gasteiger partial charge < -0.3 is 11.1 Å². The van der Waals surface area contributed by atoms with Crippen LogP contribution in [0.1, 0.15) is 27.2 Å². The number of hydrogen-bond acceptors (Lipinski definition) is 5. The van der Waals surface area contributed by atoms with Gasteiger partial charge in [0.05, 0.1) is 5.52 Å². The Morgan fingerprint density at radius 1 is 0.879 bits per heavy atom. The van der Waals surface area contributed by atoms with Crippen LogP contribution in [0.15, 0.2) is 79.3 Å². The number of fused-ring (bicyclic) bond motifs is 2. The molecule has 3 aromatic heterocycles. The van der Waals surface area contributed by atoms with E-state index in [0.717, 1.165) is 38.5 Å². The van der Waals surface area contributed by atoms with Gasteiger partial charge in [-0.3, -0.25) is 14.8 Å². The SMILES string of the molecule is Nc1nccc2cc(CNC(=O)c3ccnc(Cc4cnc5ccc(F)cc5c4)c3)ccc12. The van der Waals surface area contributed by atoms with Crippen LogP contribution in [0.4, 0.5) is 10.2 Å². The maximum absolute atomic E-state index is 13.5. The van der Waals surface area contributed by atoms with E-state index in [2.05, 4.69) is 20.3 Å². The predicted octanol–water partition coefficient (Wildman–Crippen LogP) is 4.42. The molecule has 0 spiro atoms. The number of rotatable bonds is 5. The lowest BCUT2D eigenvalue weighted by Gasteiger charge is -2.09. The molecule has 0 unspecified atom stereocenters. The third-order valence-electron chi connectivity index (χ3n) is 5.48. The van der Waals surface area contributed by atoms with Crippen LogP contribution in [0, 0.1) is 5.82 Å². The summed E-state index contributed by atoms with van der Waals surface area (Å²) in [5, 5.41) is 5.54. The van der Waals surface area contributed by atoms with Gasteiger partial charge in [0, 0.05) is 53.6 Å². The van der Waals surface area contributed by atoms with Gasteiger partial charge in [0.25, 0.3) is 5.91 Å². The largest absolute Gasteiger partial charge is 0.383 e. The molecule has 6 nitrogen and oxygen atoms in total. The molecule has 33 heavy (non-hydrogen) atoms. The van der Waals surface area contributed by atoms with Crippen LogP contribution >= 0.6 is 0 Å². The summed E-state index contributed by atoms with van der Waals surface area (Å²) in [6.07, 6.45) is 5.52. The van der Waals surface area contributed by atoms with Crippen molar-refractivity contribution >= 4 is 33.4 Å². The number of carbonyl (C=O) groups excluding carboxylic acids is 1. The summed E-state index contributed by atoms with van der Waals surface area (Å²) in [7, 11) is 0. The molecule has 162 valence electrons. The van der Waals surface area contributed by atoms with E-state index in [0.29, 0.717) is 24.3 Å². The highest BCUT2D eigenvalue weighted by atomic mass is 19.1. The maximum atomic E-state index is 13.5. The molecule has 0 radical (unpaired) electrons. The van der Waals surface area contributed by atoms with Gasteiger partial charge in [-0.15, -0.1) is 0 Å². The van der Waals surface area contributed by atoms with E-state index in [1.54, 1.807) is 36.8 Å². The number of hydrogen-bond donors (Lipinski definition) is 2. The monoisotopic (exact) mass is 437 g/mol. The van der Waals surface area contributed by atoms with E-state index >= 15 is 0 Å². The van der Waals surface area contributed by atoms with Crippen LogP contribution in [0.3, 0.4) is 0 Å². The van der Waals surface area contributed by atoms with Gasteiger partial charge in [0.2, 0.25) is 0 Å². The van der Waals surface area contributed by atoms with Gasteiger partial charge in [-0.2, -0.15) is 0 Å². The molecular formula is C26H20FN5O. The summed E-state index contributed by atoms with van der Waals surface area (Å²) in [4.78, 5) is 25.6. The highest BCUT2D eigenvalue weighted by molar-refractivity contribution is 5.94. The number of anilines is 1. The van der Waals surface area contributed by atoms with Crippen LogP contribution in [0.2, 0.25) is 0 Å². The third-order valence-corrected chi connectivity index (χ3v) is 5.48. The molecule has 5 rings (SSSR count). The van der Waals surface area contributed by atoms with E-state index < -0.39 is 0 Å². The van der Waals surface area contributed by atoms with Gasteiger partial charge in [-0.25, -0.2) is 9.37 Å². The van der Waals surface area contributed by atoms with Crippen molar-refractivity contribution in [3.05, 3.63) is 107 Å². The maximum Gasteiger partial charge on any atom is 0.251 e. The lowest BCUT2D eigenvalue weighted by atomic mass is 10.1. The molecule has 5 aromatic rings. The highest BCUT2D eigenvalue weighted by Crippen LogP contribution is 2.20. The van der Waals surface area contributed by atoms with Crippen molar-refractivity contribution in [2.24, 2.45) is 0 Å². The summed E-state index contributed by atoms with van der Waals surface area (Å²) >= 11 is 0. The van der Waals surface area contributed by atoms with E-state index in [4.69, 9.17) is 5.73 Å². The summed E-state index contributed by atoms with van der Waals surface area (Å²) in [5.74, 6) is -0.00404. The van der Waals surface area contributed by atoms with Crippen molar-refractivity contribution in [1.82, 2.24) is 20.3 Å². The first-order valence-electron chi connectivity index (χ1n) is 10.5. The Bertz CT molecular complexity index is 1500. The first kappa shape index (κ1) is 20.5. The molecule has 0 saturated carbocycles. The number of nitrogens with one attached hydrogen (secondary N) is 1. The zero-order chi connectivity index (χ0) is 22.8. The molecule has 0 aliphatic rings. The number of carbonyl (C=O) groups is 1. The minimum absolute atomic E-state index is 0.188. The van der Waals surface area contributed by atoms with Crippen LogP contribution in [-0.2, 0) is 13.0 Å². The van der Waals surface area contributed by atoms with Crippen molar-refractivity contribution in [3.8, 4) is 0 Å². The van der Waals surface area contributed by atoms with Crippen LogP contribution < -0.4 is 11.1 Å². The Morgan fingerprint density at radius 3 is 2.64 bits per heavy atom. The second-order valence-corrected chi connectivity index (χ2v) is 7.83. The van der Waals surface area contributed by atoms with E-state index in [1.165, 1.54) is 12.1 Å². The number of aromatic nitrogens is 3. The summed E-state index contributed by atoms with van der Waals surface area (Å²) in [5.41, 5.74) is 9.74. The average molecular weight is 437 g/mol. The normalized spacial score (nSPS) is 11.1. The molecule has 0 aliphatic heterocycles. The topological polar surface area (TPSA) is 93.8 Å². The Balaban J connectivity index is 1.29. The Hall–Kier alpha value is -4.39. The molecule has 0 aliphatic carbocycles. The Morgan fingerprint density at radius 2 is 1.73 bits per heavy atom. The predicted molar refractivity (Wildman–Crippen MR) is 126 cm³/mol. The smallest absolute Gasteiger partial charge is 0.251 e. The number of amides is 1. The molecule has 0 atom stereocenters. The minimum Gasteiger partial charge on any atom is -0.383 e. The number of pyridine rings is 3. The van der Waals surface area contributed by atoms with E-state index in [1.807, 2.05) is 30.3 Å². The molecule has 0 bridgehead atoms. The molecule has 1 amide bonds. The van der Waals surface area contributed by atoms with Crippen molar-refractivity contribution < 1.29 is 9.18 Å². The zero-order valence-electron chi connectivity index (χ0n) is 17.6. The van der Waals surface area contributed by atoms with Gasteiger partial charge in [-0.05, 0) is 65.0 Å². The average Bonchev–Trinajstić information content (AvgIpc) is 2.82. The molecule has 7 heteroatoms. The van der Waals surface area contributed by atoms with Crippen LogP contribution in [0.25, 0.3) is 21.7 Å². The number of benzene rings is 2. The van der Waals surface area contributed by atoms with Crippen LogP contribution in [-0.4, -0.2) is 20.9 Å². The van der Waals surface area contributed by atoms with E-state index in [-0.39, 0.29) is 11.7 Å². The van der Waals surface area contributed by atoms with Crippen molar-refractivity contribution in [2.75, 3.05) is 5.73 Å². The summed E-state index contributed by atoms with van der Waals surface area (Å²) in [6, 6.07) is 17.5. The standard InChI is InChI=1S/C26H20FN5O/c27-21-2-4-24-20(12-21)10-17(15-31-24)11-22-13-19(6-7-29-22)26(33)32-14-16-1-3-23-18(9-16)5-8-30-25(23)28/h1-10,12-13,15H,11,14H2,(H2,28,30)(H,32,33). The van der Waals surface area contributed by atoms with Crippen LogP contribution in [0.5, 0.6) is 0 Å². The minimum atomic E-state index is -0.301.